The monoisotopic (exact) mass is 409 g/mol. The molecule has 0 saturated carbocycles. The summed E-state index contributed by atoms with van der Waals surface area (Å²) in [5, 5.41) is 2.91. The van der Waals surface area contributed by atoms with Crippen molar-refractivity contribution in [3.63, 3.8) is 0 Å². The average Bonchev–Trinajstić information content (AvgIpc) is 2.78. The van der Waals surface area contributed by atoms with Crippen molar-refractivity contribution in [1.82, 2.24) is 9.80 Å². The van der Waals surface area contributed by atoms with Crippen LogP contribution in [0.2, 0.25) is 0 Å². The number of anilines is 1. The number of benzene rings is 2. The zero-order chi connectivity index (χ0) is 21.5. The molecule has 7 heteroatoms. The predicted octanol–water partition coefficient (Wildman–Crippen LogP) is 2.64. The van der Waals surface area contributed by atoms with E-state index in [0.29, 0.717) is 42.9 Å². The molecule has 1 aliphatic rings. The molecule has 3 amide bonds. The highest BCUT2D eigenvalue weighted by Crippen LogP contribution is 2.20. The molecule has 0 radical (unpaired) electrons. The molecule has 7 nitrogen and oxygen atoms in total. The highest BCUT2D eigenvalue weighted by Gasteiger charge is 2.27. The van der Waals surface area contributed by atoms with Crippen molar-refractivity contribution in [3.05, 3.63) is 60.2 Å². The van der Waals surface area contributed by atoms with Crippen LogP contribution in [-0.4, -0.2) is 61.3 Å². The second-order valence-electron chi connectivity index (χ2n) is 7.52. The lowest BCUT2D eigenvalue weighted by Crippen LogP contribution is -2.43. The summed E-state index contributed by atoms with van der Waals surface area (Å²) in [7, 11) is 3.39. The molecule has 0 aliphatic carbocycles. The van der Waals surface area contributed by atoms with Crippen molar-refractivity contribution in [2.45, 2.75) is 12.8 Å². The van der Waals surface area contributed by atoms with E-state index in [1.54, 1.807) is 43.3 Å². The Hall–Kier alpha value is -3.35. The number of carbonyl (C=O) groups is 3. The van der Waals surface area contributed by atoms with Gasteiger partial charge in [-0.3, -0.25) is 14.4 Å². The van der Waals surface area contributed by atoms with Crippen LogP contribution >= 0.6 is 0 Å². The zero-order valence-electron chi connectivity index (χ0n) is 17.3. The SMILES string of the molecule is CN(C)C(=O)c1ccc(NC(=O)C2CCN(C(=O)COc3ccccc3)CC2)cc1. The molecular formula is C23H27N3O4. The van der Waals surface area contributed by atoms with Gasteiger partial charge < -0.3 is 19.9 Å². The van der Waals surface area contributed by atoms with Gasteiger partial charge in [0, 0.05) is 44.4 Å². The molecule has 0 unspecified atom stereocenters. The number of amides is 3. The first-order valence-corrected chi connectivity index (χ1v) is 10.0. The number of nitrogens with one attached hydrogen (secondary N) is 1. The standard InChI is InChI=1S/C23H27N3O4/c1-25(2)23(29)18-8-10-19(11-9-18)24-22(28)17-12-14-26(15-13-17)21(27)16-30-20-6-4-3-5-7-20/h3-11,17H,12-16H2,1-2H3,(H,24,28). The minimum absolute atomic E-state index is 0.00110. The first-order chi connectivity index (χ1) is 14.4. The van der Waals surface area contributed by atoms with Gasteiger partial charge >= 0.3 is 0 Å². The number of hydrogen-bond donors (Lipinski definition) is 1. The summed E-state index contributed by atoms with van der Waals surface area (Å²) in [6.07, 6.45) is 1.22. The second-order valence-corrected chi connectivity index (χ2v) is 7.52. The van der Waals surface area contributed by atoms with Gasteiger partial charge in [0.2, 0.25) is 5.91 Å². The first kappa shape index (κ1) is 21.4. The minimum Gasteiger partial charge on any atom is -0.484 e. The van der Waals surface area contributed by atoms with Gasteiger partial charge in [-0.15, -0.1) is 0 Å². The minimum atomic E-state index is -0.146. The maximum absolute atomic E-state index is 12.6. The fourth-order valence-corrected chi connectivity index (χ4v) is 3.34. The highest BCUT2D eigenvalue weighted by molar-refractivity contribution is 5.96. The van der Waals surface area contributed by atoms with Crippen molar-refractivity contribution in [2.75, 3.05) is 39.1 Å². The Morgan fingerprint density at radius 1 is 1.00 bits per heavy atom. The van der Waals surface area contributed by atoms with Crippen molar-refractivity contribution in [3.8, 4) is 5.75 Å². The largest absolute Gasteiger partial charge is 0.484 e. The van der Waals surface area contributed by atoms with Crippen LogP contribution in [0, 0.1) is 5.92 Å². The maximum atomic E-state index is 12.6. The lowest BCUT2D eigenvalue weighted by Gasteiger charge is -2.31. The van der Waals surface area contributed by atoms with Gasteiger partial charge in [-0.05, 0) is 49.2 Å². The summed E-state index contributed by atoms with van der Waals surface area (Å²) in [5.41, 5.74) is 1.23. The van der Waals surface area contributed by atoms with Crippen LogP contribution in [0.3, 0.4) is 0 Å². The number of hydrogen-bond acceptors (Lipinski definition) is 4. The van der Waals surface area contributed by atoms with E-state index in [2.05, 4.69) is 5.32 Å². The third kappa shape index (κ3) is 5.59. The summed E-state index contributed by atoms with van der Waals surface area (Å²) in [5.74, 6) is 0.305. The number of rotatable bonds is 6. The van der Waals surface area contributed by atoms with Crippen molar-refractivity contribution in [2.24, 2.45) is 5.92 Å². The molecule has 3 rings (SSSR count). The summed E-state index contributed by atoms with van der Waals surface area (Å²) < 4.78 is 5.52. The van der Waals surface area contributed by atoms with Gasteiger partial charge in [0.05, 0.1) is 0 Å². The van der Waals surface area contributed by atoms with Crippen LogP contribution < -0.4 is 10.1 Å². The molecule has 1 saturated heterocycles. The van der Waals surface area contributed by atoms with E-state index < -0.39 is 0 Å². The van der Waals surface area contributed by atoms with Crippen LogP contribution in [-0.2, 0) is 9.59 Å². The molecule has 2 aromatic carbocycles. The van der Waals surface area contributed by atoms with Crippen LogP contribution in [0.1, 0.15) is 23.2 Å². The average molecular weight is 409 g/mol. The molecule has 0 atom stereocenters. The molecule has 30 heavy (non-hydrogen) atoms. The third-order valence-electron chi connectivity index (χ3n) is 5.13. The van der Waals surface area contributed by atoms with Crippen LogP contribution in [0.4, 0.5) is 5.69 Å². The van der Waals surface area contributed by atoms with Gasteiger partial charge in [0.15, 0.2) is 6.61 Å². The zero-order valence-corrected chi connectivity index (χ0v) is 17.3. The summed E-state index contributed by atoms with van der Waals surface area (Å²) in [6.45, 7) is 1.07. The first-order valence-electron chi connectivity index (χ1n) is 10.0. The van der Waals surface area contributed by atoms with Gasteiger partial charge in [-0.2, -0.15) is 0 Å². The van der Waals surface area contributed by atoms with Crippen LogP contribution in [0.15, 0.2) is 54.6 Å². The van der Waals surface area contributed by atoms with E-state index in [4.69, 9.17) is 4.74 Å². The Balaban J connectivity index is 1.44. The molecule has 0 aromatic heterocycles. The molecule has 1 aliphatic heterocycles. The summed E-state index contributed by atoms with van der Waals surface area (Å²) in [6, 6.07) is 16.1. The van der Waals surface area contributed by atoms with E-state index in [9.17, 15) is 14.4 Å². The number of para-hydroxylation sites is 1. The molecule has 1 heterocycles. The molecular weight excluding hydrogens is 382 g/mol. The maximum Gasteiger partial charge on any atom is 0.260 e. The van der Waals surface area contributed by atoms with Crippen molar-refractivity contribution >= 4 is 23.4 Å². The Kier molecular flexibility index (Phi) is 7.06. The quantitative estimate of drug-likeness (QED) is 0.796. The number of carbonyl (C=O) groups excluding carboxylic acids is 3. The summed E-state index contributed by atoms with van der Waals surface area (Å²) >= 11 is 0. The molecule has 0 bridgehead atoms. The van der Waals surface area contributed by atoms with Crippen LogP contribution in [0.5, 0.6) is 5.75 Å². The van der Waals surface area contributed by atoms with Gasteiger partial charge in [-0.1, -0.05) is 18.2 Å². The van der Waals surface area contributed by atoms with Gasteiger partial charge in [0.1, 0.15) is 5.75 Å². The fourth-order valence-electron chi connectivity index (χ4n) is 3.34. The second kappa shape index (κ2) is 9.91. The summed E-state index contributed by atoms with van der Waals surface area (Å²) in [4.78, 5) is 40.1. The Morgan fingerprint density at radius 2 is 1.63 bits per heavy atom. The topological polar surface area (TPSA) is 79.0 Å². The lowest BCUT2D eigenvalue weighted by atomic mass is 9.95. The smallest absolute Gasteiger partial charge is 0.260 e. The third-order valence-corrected chi connectivity index (χ3v) is 5.13. The molecule has 1 N–H and O–H groups in total. The van der Waals surface area contributed by atoms with Gasteiger partial charge in [0.25, 0.3) is 11.8 Å². The fraction of sp³-hybridized carbons (Fsp3) is 0.348. The number of piperidine rings is 1. The highest BCUT2D eigenvalue weighted by atomic mass is 16.5. The van der Waals surface area contributed by atoms with E-state index in [1.807, 2.05) is 30.3 Å². The molecule has 0 spiro atoms. The van der Waals surface area contributed by atoms with Crippen molar-refractivity contribution < 1.29 is 19.1 Å². The Bertz CT molecular complexity index is 873. The van der Waals surface area contributed by atoms with E-state index >= 15 is 0 Å². The number of likely N-dealkylation sites (tertiary alicyclic amines) is 1. The predicted molar refractivity (Wildman–Crippen MR) is 114 cm³/mol. The number of ether oxygens (including phenoxy) is 1. The lowest BCUT2D eigenvalue weighted by molar-refractivity contribution is -0.136. The van der Waals surface area contributed by atoms with E-state index in [1.165, 1.54) is 4.90 Å². The van der Waals surface area contributed by atoms with E-state index in [0.717, 1.165) is 0 Å². The Morgan fingerprint density at radius 3 is 2.23 bits per heavy atom. The van der Waals surface area contributed by atoms with Crippen molar-refractivity contribution in [1.29, 1.82) is 0 Å². The number of nitrogens with zero attached hydrogens (tertiary/aromatic N) is 2. The van der Waals surface area contributed by atoms with Crippen LogP contribution in [0.25, 0.3) is 0 Å². The normalized spacial score (nSPS) is 14.1. The Labute approximate surface area is 176 Å². The molecule has 158 valence electrons. The van der Waals surface area contributed by atoms with E-state index in [-0.39, 0.29) is 30.2 Å². The van der Waals surface area contributed by atoms with Gasteiger partial charge in [-0.25, -0.2) is 0 Å². The molecule has 2 aromatic rings. The molecule has 1 fully saturated rings.